The molecular formula is C17H18ClNO. The van der Waals surface area contributed by atoms with Crippen molar-refractivity contribution >= 4 is 17.5 Å². The second-order valence-corrected chi connectivity index (χ2v) is 5.45. The first-order valence-electron chi connectivity index (χ1n) is 6.58. The molecule has 1 unspecified atom stereocenters. The fraction of sp³-hybridized carbons (Fsp3) is 0.235. The Hall–Kier alpha value is -1.80. The third-order valence-corrected chi connectivity index (χ3v) is 3.57. The summed E-state index contributed by atoms with van der Waals surface area (Å²) in [6, 6.07) is 17.8. The van der Waals surface area contributed by atoms with Gasteiger partial charge in [0, 0.05) is 31.5 Å². The van der Waals surface area contributed by atoms with Gasteiger partial charge in [0.1, 0.15) is 0 Å². The van der Waals surface area contributed by atoms with E-state index in [1.807, 2.05) is 42.5 Å². The molecule has 20 heavy (non-hydrogen) atoms. The van der Waals surface area contributed by atoms with Gasteiger partial charge < -0.3 is 4.90 Å². The van der Waals surface area contributed by atoms with Crippen LogP contribution in [0.15, 0.2) is 54.6 Å². The molecule has 0 N–H and O–H groups in total. The Kier molecular flexibility index (Phi) is 4.80. The maximum absolute atomic E-state index is 12.1. The first-order chi connectivity index (χ1) is 9.58. The van der Waals surface area contributed by atoms with Gasteiger partial charge in [-0.2, -0.15) is 0 Å². The molecular weight excluding hydrogens is 270 g/mol. The average Bonchev–Trinajstić information content (AvgIpc) is 2.45. The van der Waals surface area contributed by atoms with E-state index in [9.17, 15) is 4.79 Å². The monoisotopic (exact) mass is 287 g/mol. The molecule has 0 heterocycles. The van der Waals surface area contributed by atoms with Gasteiger partial charge in [-0.15, -0.1) is 0 Å². The van der Waals surface area contributed by atoms with E-state index in [1.165, 1.54) is 0 Å². The lowest BCUT2D eigenvalue weighted by Crippen LogP contribution is -2.24. The zero-order valence-corrected chi connectivity index (χ0v) is 12.5. The van der Waals surface area contributed by atoms with Crippen LogP contribution in [-0.4, -0.2) is 24.9 Å². The molecule has 2 rings (SSSR count). The van der Waals surface area contributed by atoms with Crippen LogP contribution in [-0.2, 0) is 4.79 Å². The lowest BCUT2D eigenvalue weighted by atomic mass is 9.88. The minimum Gasteiger partial charge on any atom is -0.349 e. The quantitative estimate of drug-likeness (QED) is 0.834. The zero-order chi connectivity index (χ0) is 14.5. The van der Waals surface area contributed by atoms with Crippen LogP contribution in [0.3, 0.4) is 0 Å². The van der Waals surface area contributed by atoms with Crippen LogP contribution >= 0.6 is 11.6 Å². The number of amides is 1. The Morgan fingerprint density at radius 3 is 2.30 bits per heavy atom. The molecule has 0 spiro atoms. The van der Waals surface area contributed by atoms with Gasteiger partial charge in [0.05, 0.1) is 0 Å². The summed E-state index contributed by atoms with van der Waals surface area (Å²) in [5, 5.41) is 0.695. The Balaban J connectivity index is 2.37. The van der Waals surface area contributed by atoms with Crippen molar-refractivity contribution in [3.05, 3.63) is 70.7 Å². The van der Waals surface area contributed by atoms with E-state index in [0.717, 1.165) is 11.1 Å². The molecule has 0 aliphatic heterocycles. The number of hydrogen-bond donors (Lipinski definition) is 0. The predicted molar refractivity (Wildman–Crippen MR) is 83.0 cm³/mol. The van der Waals surface area contributed by atoms with E-state index >= 15 is 0 Å². The number of carbonyl (C=O) groups excluding carboxylic acids is 1. The van der Waals surface area contributed by atoms with Gasteiger partial charge in [-0.05, 0) is 23.3 Å². The third-order valence-electron chi connectivity index (χ3n) is 3.33. The number of carbonyl (C=O) groups is 1. The molecule has 2 nitrogen and oxygen atoms in total. The molecule has 1 atom stereocenters. The molecule has 3 heteroatoms. The van der Waals surface area contributed by atoms with Gasteiger partial charge in [-0.3, -0.25) is 4.79 Å². The van der Waals surface area contributed by atoms with E-state index in [1.54, 1.807) is 19.0 Å². The molecule has 0 saturated heterocycles. The highest BCUT2D eigenvalue weighted by atomic mass is 35.5. The third kappa shape index (κ3) is 3.61. The largest absolute Gasteiger partial charge is 0.349 e. The van der Waals surface area contributed by atoms with Crippen LogP contribution in [0.25, 0.3) is 0 Å². The summed E-state index contributed by atoms with van der Waals surface area (Å²) in [4.78, 5) is 13.7. The van der Waals surface area contributed by atoms with E-state index in [2.05, 4.69) is 12.1 Å². The summed E-state index contributed by atoms with van der Waals surface area (Å²) in [5.41, 5.74) is 2.20. The van der Waals surface area contributed by atoms with E-state index in [4.69, 9.17) is 11.6 Å². The number of benzene rings is 2. The summed E-state index contributed by atoms with van der Waals surface area (Å²) >= 11 is 6.08. The number of halogens is 1. The van der Waals surface area contributed by atoms with Gasteiger partial charge in [0.25, 0.3) is 0 Å². The highest BCUT2D eigenvalue weighted by molar-refractivity contribution is 6.30. The fourth-order valence-electron chi connectivity index (χ4n) is 2.19. The van der Waals surface area contributed by atoms with Crippen LogP contribution < -0.4 is 0 Å². The summed E-state index contributed by atoms with van der Waals surface area (Å²) in [6.45, 7) is 0. The summed E-state index contributed by atoms with van der Waals surface area (Å²) < 4.78 is 0. The van der Waals surface area contributed by atoms with Crippen molar-refractivity contribution in [1.82, 2.24) is 4.90 Å². The SMILES string of the molecule is CN(C)C(=O)CC(c1ccccc1)c1cccc(Cl)c1. The summed E-state index contributed by atoms with van der Waals surface area (Å²) in [7, 11) is 3.56. The van der Waals surface area contributed by atoms with Gasteiger partial charge in [-0.25, -0.2) is 0 Å². The highest BCUT2D eigenvalue weighted by Crippen LogP contribution is 2.29. The van der Waals surface area contributed by atoms with E-state index < -0.39 is 0 Å². The smallest absolute Gasteiger partial charge is 0.223 e. The van der Waals surface area contributed by atoms with Crippen LogP contribution in [0.2, 0.25) is 5.02 Å². The fourth-order valence-corrected chi connectivity index (χ4v) is 2.39. The number of rotatable bonds is 4. The standard InChI is InChI=1S/C17H18ClNO/c1-19(2)17(20)12-16(13-7-4-3-5-8-13)14-9-6-10-15(18)11-14/h3-11,16H,12H2,1-2H3. The van der Waals surface area contributed by atoms with Crippen LogP contribution in [0.5, 0.6) is 0 Å². The van der Waals surface area contributed by atoms with E-state index in [-0.39, 0.29) is 11.8 Å². The second kappa shape index (κ2) is 6.58. The number of hydrogen-bond acceptors (Lipinski definition) is 1. The van der Waals surface area contributed by atoms with Crippen LogP contribution in [0.1, 0.15) is 23.5 Å². The zero-order valence-electron chi connectivity index (χ0n) is 11.7. The highest BCUT2D eigenvalue weighted by Gasteiger charge is 2.19. The normalized spacial score (nSPS) is 11.9. The Bertz CT molecular complexity index is 581. The maximum atomic E-state index is 12.1. The molecule has 1 amide bonds. The van der Waals surface area contributed by atoms with Crippen molar-refractivity contribution in [1.29, 1.82) is 0 Å². The molecule has 0 aromatic heterocycles. The predicted octanol–water partition coefficient (Wildman–Crippen LogP) is 3.95. The first kappa shape index (κ1) is 14.6. The first-order valence-corrected chi connectivity index (χ1v) is 6.96. The molecule has 0 saturated carbocycles. The lowest BCUT2D eigenvalue weighted by molar-refractivity contribution is -0.128. The molecule has 104 valence electrons. The van der Waals surface area contributed by atoms with E-state index in [0.29, 0.717) is 11.4 Å². The van der Waals surface area contributed by atoms with Crippen molar-refractivity contribution in [2.75, 3.05) is 14.1 Å². The van der Waals surface area contributed by atoms with Gasteiger partial charge in [0.2, 0.25) is 5.91 Å². The van der Waals surface area contributed by atoms with Crippen molar-refractivity contribution in [2.45, 2.75) is 12.3 Å². The van der Waals surface area contributed by atoms with Crippen molar-refractivity contribution in [3.8, 4) is 0 Å². The Morgan fingerprint density at radius 1 is 1.05 bits per heavy atom. The summed E-state index contributed by atoms with van der Waals surface area (Å²) in [6.07, 6.45) is 0.442. The Labute approximate surface area is 125 Å². The van der Waals surface area contributed by atoms with Gasteiger partial charge >= 0.3 is 0 Å². The molecule has 0 aliphatic carbocycles. The summed E-state index contributed by atoms with van der Waals surface area (Å²) in [5.74, 6) is 0.142. The van der Waals surface area contributed by atoms with Crippen molar-refractivity contribution in [3.63, 3.8) is 0 Å². The van der Waals surface area contributed by atoms with Gasteiger partial charge in [0.15, 0.2) is 0 Å². The molecule has 2 aromatic rings. The minimum atomic E-state index is 0.0322. The Morgan fingerprint density at radius 2 is 1.70 bits per heavy atom. The second-order valence-electron chi connectivity index (χ2n) is 5.01. The molecule has 0 bridgehead atoms. The lowest BCUT2D eigenvalue weighted by Gasteiger charge is -2.20. The van der Waals surface area contributed by atoms with Crippen molar-refractivity contribution in [2.24, 2.45) is 0 Å². The number of nitrogens with zero attached hydrogens (tertiary/aromatic N) is 1. The van der Waals surface area contributed by atoms with Crippen molar-refractivity contribution < 1.29 is 4.79 Å². The molecule has 2 aromatic carbocycles. The molecule has 0 radical (unpaired) electrons. The average molecular weight is 288 g/mol. The topological polar surface area (TPSA) is 20.3 Å². The molecule has 0 fully saturated rings. The molecule has 0 aliphatic rings. The van der Waals surface area contributed by atoms with Crippen LogP contribution in [0.4, 0.5) is 0 Å². The maximum Gasteiger partial charge on any atom is 0.223 e. The van der Waals surface area contributed by atoms with Crippen LogP contribution in [0, 0.1) is 0 Å². The van der Waals surface area contributed by atoms with Gasteiger partial charge in [-0.1, -0.05) is 54.1 Å². The minimum absolute atomic E-state index is 0.0322.